The van der Waals surface area contributed by atoms with Crippen molar-refractivity contribution < 1.29 is 14.3 Å². The number of rotatable bonds is 4. The van der Waals surface area contributed by atoms with E-state index < -0.39 is 6.04 Å². The summed E-state index contributed by atoms with van der Waals surface area (Å²) in [5.74, 6) is -0.361. The van der Waals surface area contributed by atoms with Gasteiger partial charge in [0.15, 0.2) is 0 Å². The summed E-state index contributed by atoms with van der Waals surface area (Å²) >= 11 is 6.12. The summed E-state index contributed by atoms with van der Waals surface area (Å²) in [7, 11) is 0. The molecule has 0 aliphatic carbocycles. The van der Waals surface area contributed by atoms with E-state index in [2.05, 4.69) is 10.3 Å². The van der Waals surface area contributed by atoms with Crippen LogP contribution in [-0.4, -0.2) is 40.8 Å². The second-order valence-corrected chi connectivity index (χ2v) is 8.78. The number of benzene rings is 1. The third-order valence-corrected chi connectivity index (χ3v) is 6.32. The van der Waals surface area contributed by atoms with E-state index in [9.17, 15) is 9.59 Å². The maximum Gasteiger partial charge on any atom is 0.253 e. The van der Waals surface area contributed by atoms with Crippen molar-refractivity contribution in [3.8, 4) is 0 Å². The van der Waals surface area contributed by atoms with Crippen molar-refractivity contribution in [2.45, 2.75) is 44.9 Å². The summed E-state index contributed by atoms with van der Waals surface area (Å²) in [4.78, 5) is 31.6. The van der Waals surface area contributed by atoms with E-state index in [1.165, 1.54) is 11.8 Å². The highest BCUT2D eigenvalue weighted by atomic mass is 35.5. The minimum atomic E-state index is -0.581. The van der Waals surface area contributed by atoms with E-state index in [-0.39, 0.29) is 23.3 Å². The lowest BCUT2D eigenvalue weighted by atomic mass is 9.83. The topological polar surface area (TPSA) is 71.5 Å². The van der Waals surface area contributed by atoms with Crippen LogP contribution in [0.5, 0.6) is 0 Å². The maximum absolute atomic E-state index is 13.2. The number of halogens is 1. The van der Waals surface area contributed by atoms with Crippen LogP contribution in [0.4, 0.5) is 0 Å². The van der Waals surface area contributed by atoms with E-state index in [1.54, 1.807) is 18.3 Å². The molecule has 2 aliphatic heterocycles. The molecule has 0 saturated carbocycles. The fraction of sp³-hybridized carbons (Fsp3) is 0.435. The molecule has 1 spiro atoms. The number of nitrogens with one attached hydrogen (secondary N) is 1. The zero-order valence-corrected chi connectivity index (χ0v) is 18.0. The number of pyridine rings is 1. The third kappa shape index (κ3) is 3.94. The second kappa shape index (κ2) is 8.36. The van der Waals surface area contributed by atoms with E-state index in [4.69, 9.17) is 16.3 Å². The molecule has 1 aromatic carbocycles. The van der Waals surface area contributed by atoms with Gasteiger partial charge in [-0.15, -0.1) is 0 Å². The summed E-state index contributed by atoms with van der Waals surface area (Å²) in [6.07, 6.45) is 4.58. The predicted octanol–water partition coefficient (Wildman–Crippen LogP) is 3.54. The molecular weight excluding hydrogens is 402 g/mol. The van der Waals surface area contributed by atoms with Gasteiger partial charge in [-0.1, -0.05) is 31.5 Å². The molecule has 2 amide bonds. The number of hydrogen-bond donors (Lipinski definition) is 1. The van der Waals surface area contributed by atoms with Gasteiger partial charge in [-0.25, -0.2) is 0 Å². The third-order valence-electron chi connectivity index (χ3n) is 6.09. The number of carbonyl (C=O) groups excluding carboxylic acids is 2. The average Bonchev–Trinajstić information content (AvgIpc) is 3.09. The molecule has 0 unspecified atom stereocenters. The Morgan fingerprint density at radius 1 is 1.23 bits per heavy atom. The van der Waals surface area contributed by atoms with Gasteiger partial charge in [0.25, 0.3) is 5.91 Å². The van der Waals surface area contributed by atoms with Gasteiger partial charge in [0, 0.05) is 30.5 Å². The van der Waals surface area contributed by atoms with Crippen LogP contribution in [0.1, 0.15) is 48.2 Å². The zero-order valence-electron chi connectivity index (χ0n) is 17.2. The number of likely N-dealkylation sites (tertiary alicyclic amines) is 1. The Labute approximate surface area is 181 Å². The van der Waals surface area contributed by atoms with E-state index >= 15 is 0 Å². The van der Waals surface area contributed by atoms with Crippen LogP contribution in [0.25, 0.3) is 0 Å². The van der Waals surface area contributed by atoms with Gasteiger partial charge in [-0.3, -0.25) is 14.6 Å². The van der Waals surface area contributed by atoms with Crippen LogP contribution >= 0.6 is 11.6 Å². The Hall–Kier alpha value is -2.44. The van der Waals surface area contributed by atoms with Gasteiger partial charge in [0.05, 0.1) is 17.8 Å². The van der Waals surface area contributed by atoms with Crippen molar-refractivity contribution in [2.24, 2.45) is 5.92 Å². The Morgan fingerprint density at radius 2 is 2.00 bits per heavy atom. The smallest absolute Gasteiger partial charge is 0.253 e. The highest BCUT2D eigenvalue weighted by Crippen LogP contribution is 2.44. The van der Waals surface area contributed by atoms with Crippen LogP contribution in [0.3, 0.4) is 0 Å². The molecule has 1 aromatic heterocycles. The largest absolute Gasteiger partial charge is 0.365 e. The first-order valence-corrected chi connectivity index (χ1v) is 10.7. The number of piperidine rings is 1. The standard InChI is InChI=1S/C23H26ClN3O3/c1-15(2)20(26-21(28)16-4-3-9-25-13-16)22(29)27-10-7-23(8-11-27)19-6-5-18(24)12-17(19)14-30-23/h3-6,9,12-13,15,20H,7-8,10-11,14H2,1-2H3,(H,26,28)/t20-/m1/s1. The molecule has 2 aromatic rings. The van der Waals surface area contributed by atoms with Gasteiger partial charge in [0.1, 0.15) is 6.04 Å². The van der Waals surface area contributed by atoms with Crippen molar-refractivity contribution in [3.63, 3.8) is 0 Å². The van der Waals surface area contributed by atoms with Gasteiger partial charge in [-0.2, -0.15) is 0 Å². The summed E-state index contributed by atoms with van der Waals surface area (Å²) in [6.45, 7) is 5.62. The Balaban J connectivity index is 1.43. The van der Waals surface area contributed by atoms with Crippen molar-refractivity contribution >= 4 is 23.4 Å². The number of hydrogen-bond acceptors (Lipinski definition) is 4. The molecule has 0 bridgehead atoms. The Bertz CT molecular complexity index is 940. The number of aromatic nitrogens is 1. The van der Waals surface area contributed by atoms with Gasteiger partial charge < -0.3 is 15.0 Å². The quantitative estimate of drug-likeness (QED) is 0.810. The van der Waals surface area contributed by atoms with Gasteiger partial charge in [0.2, 0.25) is 5.91 Å². The number of carbonyl (C=O) groups is 2. The highest BCUT2D eigenvalue weighted by Gasteiger charge is 2.44. The molecule has 7 heteroatoms. The maximum atomic E-state index is 13.2. The molecule has 30 heavy (non-hydrogen) atoms. The summed E-state index contributed by atoms with van der Waals surface area (Å²) < 4.78 is 6.19. The van der Waals surface area contributed by atoms with E-state index in [0.717, 1.165) is 18.4 Å². The van der Waals surface area contributed by atoms with Crippen molar-refractivity contribution in [3.05, 3.63) is 64.4 Å². The fourth-order valence-corrected chi connectivity index (χ4v) is 4.55. The Morgan fingerprint density at radius 3 is 2.67 bits per heavy atom. The molecule has 6 nitrogen and oxygen atoms in total. The molecule has 3 heterocycles. The zero-order chi connectivity index (χ0) is 21.3. The minimum absolute atomic E-state index is 0.0281. The Kier molecular flexibility index (Phi) is 5.80. The molecule has 2 aliphatic rings. The monoisotopic (exact) mass is 427 g/mol. The van der Waals surface area contributed by atoms with Crippen LogP contribution in [0.15, 0.2) is 42.7 Å². The van der Waals surface area contributed by atoms with Crippen molar-refractivity contribution in [2.75, 3.05) is 13.1 Å². The van der Waals surface area contributed by atoms with E-state index in [1.807, 2.05) is 36.9 Å². The number of amides is 2. The first-order chi connectivity index (χ1) is 14.4. The lowest BCUT2D eigenvalue weighted by Gasteiger charge is -2.40. The van der Waals surface area contributed by atoms with Gasteiger partial charge in [-0.05, 0) is 54.2 Å². The number of fused-ring (bicyclic) bond motifs is 2. The molecule has 0 radical (unpaired) electrons. The molecule has 1 N–H and O–H groups in total. The second-order valence-electron chi connectivity index (χ2n) is 8.35. The molecular formula is C23H26ClN3O3. The van der Waals surface area contributed by atoms with Crippen LogP contribution in [0, 0.1) is 5.92 Å². The SMILES string of the molecule is CC(C)[C@@H](NC(=O)c1cccnc1)C(=O)N1CCC2(CC1)OCc1cc(Cl)ccc12. The molecule has 1 atom stereocenters. The summed E-state index contributed by atoms with van der Waals surface area (Å²) in [5.41, 5.74) is 2.42. The van der Waals surface area contributed by atoms with Crippen LogP contribution in [-0.2, 0) is 21.7 Å². The fourth-order valence-electron chi connectivity index (χ4n) is 4.35. The molecule has 1 fully saturated rings. The first-order valence-electron chi connectivity index (χ1n) is 10.3. The van der Waals surface area contributed by atoms with Crippen LogP contribution in [0.2, 0.25) is 5.02 Å². The predicted molar refractivity (Wildman–Crippen MR) is 114 cm³/mol. The van der Waals surface area contributed by atoms with Crippen molar-refractivity contribution in [1.82, 2.24) is 15.2 Å². The summed E-state index contributed by atoms with van der Waals surface area (Å²) in [6, 6.07) is 8.73. The van der Waals surface area contributed by atoms with Crippen LogP contribution < -0.4 is 5.32 Å². The number of nitrogens with zero attached hydrogens (tertiary/aromatic N) is 2. The average molecular weight is 428 g/mol. The normalized spacial score (nSPS) is 18.3. The van der Waals surface area contributed by atoms with E-state index in [0.29, 0.717) is 30.3 Å². The first kappa shape index (κ1) is 20.8. The minimum Gasteiger partial charge on any atom is -0.365 e. The highest BCUT2D eigenvalue weighted by molar-refractivity contribution is 6.30. The molecule has 1 saturated heterocycles. The molecule has 4 rings (SSSR count). The van der Waals surface area contributed by atoms with Crippen molar-refractivity contribution in [1.29, 1.82) is 0 Å². The summed E-state index contributed by atoms with van der Waals surface area (Å²) in [5, 5.41) is 3.61. The molecule has 158 valence electrons. The lowest BCUT2D eigenvalue weighted by Crippen LogP contribution is -2.54. The number of ether oxygens (including phenoxy) is 1. The van der Waals surface area contributed by atoms with Gasteiger partial charge >= 0.3 is 0 Å². The lowest BCUT2D eigenvalue weighted by molar-refractivity contribution is -0.141.